The lowest BCUT2D eigenvalue weighted by molar-refractivity contribution is 0.0160. The fourth-order valence-electron chi connectivity index (χ4n) is 4.50. The minimum atomic E-state index is -0.680. The van der Waals surface area contributed by atoms with E-state index in [1.165, 1.54) is 17.1 Å². The van der Waals surface area contributed by atoms with Crippen LogP contribution >= 0.6 is 11.6 Å². The van der Waals surface area contributed by atoms with Gasteiger partial charge in [0.2, 0.25) is 5.82 Å². The minimum Gasteiger partial charge on any atom is -0.486 e. The zero-order valence-corrected chi connectivity index (χ0v) is 20.9. The fourth-order valence-corrected chi connectivity index (χ4v) is 4.76. The molecule has 3 heterocycles. The Morgan fingerprint density at radius 2 is 1.86 bits per heavy atom. The molecule has 0 aliphatic carbocycles. The maximum atomic E-state index is 13.6. The molecule has 2 aliphatic rings. The number of nitrogens with zero attached hydrogens (tertiary/aromatic N) is 5. The van der Waals surface area contributed by atoms with Crippen molar-refractivity contribution in [2.75, 3.05) is 32.8 Å². The van der Waals surface area contributed by atoms with Gasteiger partial charge in [-0.15, -0.1) is 5.10 Å². The quantitative estimate of drug-likeness (QED) is 0.532. The van der Waals surface area contributed by atoms with E-state index in [-0.39, 0.29) is 23.5 Å². The smallest absolute Gasteiger partial charge is 0.294 e. The SMILES string of the molecule is Cc1cc(-n2cnc(C(=O)N3CCN(C(=O)c4cc(Cl)c5c(c4)OCCO5)CC3(C)C)n2)ccc1F. The molecule has 0 spiro atoms. The van der Waals surface area contributed by atoms with Crippen molar-refractivity contribution in [2.24, 2.45) is 0 Å². The molecule has 0 radical (unpaired) electrons. The molecule has 5 rings (SSSR count). The highest BCUT2D eigenvalue weighted by atomic mass is 35.5. The normalized spacial score (nSPS) is 16.7. The van der Waals surface area contributed by atoms with Crippen molar-refractivity contribution in [1.29, 1.82) is 0 Å². The van der Waals surface area contributed by atoms with E-state index in [1.54, 1.807) is 41.0 Å². The van der Waals surface area contributed by atoms with Crippen molar-refractivity contribution in [3.63, 3.8) is 0 Å². The zero-order valence-electron chi connectivity index (χ0n) is 20.1. The van der Waals surface area contributed by atoms with E-state index in [2.05, 4.69) is 10.1 Å². The molecule has 0 bridgehead atoms. The van der Waals surface area contributed by atoms with Crippen molar-refractivity contribution in [3.05, 3.63) is 64.5 Å². The Labute approximate surface area is 212 Å². The van der Waals surface area contributed by atoms with Crippen LogP contribution in [0.15, 0.2) is 36.7 Å². The summed E-state index contributed by atoms with van der Waals surface area (Å²) in [5.41, 5.74) is 0.792. The number of fused-ring (bicyclic) bond motifs is 1. The predicted octanol–water partition coefficient (Wildman–Crippen LogP) is 3.52. The zero-order chi connectivity index (χ0) is 25.6. The second-order valence-corrected chi connectivity index (χ2v) is 9.83. The van der Waals surface area contributed by atoms with Crippen LogP contribution in [-0.4, -0.2) is 74.8 Å². The molecule has 0 N–H and O–H groups in total. The van der Waals surface area contributed by atoms with Crippen LogP contribution in [0.1, 0.15) is 40.4 Å². The number of rotatable bonds is 3. The summed E-state index contributed by atoms with van der Waals surface area (Å²) in [5, 5.41) is 4.64. The van der Waals surface area contributed by atoms with E-state index in [1.807, 2.05) is 13.8 Å². The number of ether oxygens (including phenoxy) is 2. The lowest BCUT2D eigenvalue weighted by Gasteiger charge is -2.46. The molecule has 36 heavy (non-hydrogen) atoms. The summed E-state index contributed by atoms with van der Waals surface area (Å²) in [5.74, 6) is 0.0580. The van der Waals surface area contributed by atoms with Crippen LogP contribution in [0.5, 0.6) is 11.5 Å². The molecule has 11 heteroatoms. The van der Waals surface area contributed by atoms with Crippen LogP contribution in [0.3, 0.4) is 0 Å². The second kappa shape index (κ2) is 9.09. The number of halogens is 2. The first-order chi connectivity index (χ1) is 17.1. The van der Waals surface area contributed by atoms with E-state index >= 15 is 0 Å². The van der Waals surface area contributed by atoms with Gasteiger partial charge in [-0.25, -0.2) is 14.1 Å². The van der Waals surface area contributed by atoms with E-state index in [0.717, 1.165) is 0 Å². The number of hydrogen-bond donors (Lipinski definition) is 0. The molecule has 0 atom stereocenters. The molecule has 2 aromatic carbocycles. The molecule has 9 nitrogen and oxygen atoms in total. The average Bonchev–Trinajstić information content (AvgIpc) is 3.35. The number of aromatic nitrogens is 3. The molecule has 1 aromatic heterocycles. The first kappa shape index (κ1) is 24.1. The van der Waals surface area contributed by atoms with Crippen molar-refractivity contribution >= 4 is 23.4 Å². The van der Waals surface area contributed by atoms with Crippen LogP contribution in [0.4, 0.5) is 4.39 Å². The van der Waals surface area contributed by atoms with Gasteiger partial charge in [-0.1, -0.05) is 11.6 Å². The Bertz CT molecular complexity index is 1360. The summed E-state index contributed by atoms with van der Waals surface area (Å²) < 4.78 is 26.2. The number of carbonyl (C=O) groups is 2. The van der Waals surface area contributed by atoms with Crippen molar-refractivity contribution in [3.8, 4) is 17.2 Å². The average molecular weight is 514 g/mol. The van der Waals surface area contributed by atoms with Gasteiger partial charge in [0.25, 0.3) is 11.8 Å². The molecule has 0 unspecified atom stereocenters. The van der Waals surface area contributed by atoms with Crippen LogP contribution in [0, 0.1) is 12.7 Å². The third kappa shape index (κ3) is 4.37. The Kier molecular flexibility index (Phi) is 6.07. The maximum Gasteiger partial charge on any atom is 0.294 e. The summed E-state index contributed by atoms with van der Waals surface area (Å²) in [6.45, 7) is 7.17. The Balaban J connectivity index is 1.31. The summed E-state index contributed by atoms with van der Waals surface area (Å²) in [6, 6.07) is 7.78. The van der Waals surface area contributed by atoms with E-state index in [0.29, 0.717) is 66.2 Å². The number of piperazine rings is 1. The molecule has 2 aliphatic heterocycles. The molecule has 2 amide bonds. The summed E-state index contributed by atoms with van der Waals surface area (Å²) >= 11 is 6.32. The van der Waals surface area contributed by atoms with Crippen LogP contribution < -0.4 is 9.47 Å². The van der Waals surface area contributed by atoms with Gasteiger partial charge in [0, 0.05) is 25.2 Å². The number of carbonyl (C=O) groups excluding carboxylic acids is 2. The van der Waals surface area contributed by atoms with Gasteiger partial charge in [0.15, 0.2) is 11.5 Å². The number of aryl methyl sites for hydroxylation is 1. The molecule has 0 saturated carbocycles. The van der Waals surface area contributed by atoms with Crippen molar-refractivity contribution in [1.82, 2.24) is 24.6 Å². The van der Waals surface area contributed by atoms with Gasteiger partial charge >= 0.3 is 0 Å². The predicted molar refractivity (Wildman–Crippen MR) is 130 cm³/mol. The third-order valence-corrected chi connectivity index (χ3v) is 6.65. The number of benzene rings is 2. The van der Waals surface area contributed by atoms with Crippen molar-refractivity contribution < 1.29 is 23.5 Å². The first-order valence-corrected chi connectivity index (χ1v) is 11.9. The van der Waals surface area contributed by atoms with Gasteiger partial charge in [0.05, 0.1) is 16.2 Å². The third-order valence-electron chi connectivity index (χ3n) is 6.37. The summed E-state index contributed by atoms with van der Waals surface area (Å²) in [4.78, 5) is 34.2. The topological polar surface area (TPSA) is 89.8 Å². The molecule has 3 aromatic rings. The highest BCUT2D eigenvalue weighted by Gasteiger charge is 2.40. The minimum absolute atomic E-state index is 0.0310. The van der Waals surface area contributed by atoms with Gasteiger partial charge < -0.3 is 19.3 Å². The second-order valence-electron chi connectivity index (χ2n) is 9.42. The monoisotopic (exact) mass is 513 g/mol. The van der Waals surface area contributed by atoms with Gasteiger partial charge in [0.1, 0.15) is 25.4 Å². The molecule has 1 fully saturated rings. The summed E-state index contributed by atoms with van der Waals surface area (Å²) in [6.07, 6.45) is 1.43. The van der Waals surface area contributed by atoms with E-state index in [4.69, 9.17) is 21.1 Å². The fraction of sp³-hybridized carbons (Fsp3) is 0.360. The number of amides is 2. The molecule has 188 valence electrons. The molecular formula is C25H25ClFN5O4. The van der Waals surface area contributed by atoms with E-state index < -0.39 is 5.54 Å². The Morgan fingerprint density at radius 1 is 1.08 bits per heavy atom. The highest BCUT2D eigenvalue weighted by Crippen LogP contribution is 2.39. The van der Waals surface area contributed by atoms with Crippen molar-refractivity contribution in [2.45, 2.75) is 26.3 Å². The Morgan fingerprint density at radius 3 is 2.61 bits per heavy atom. The standard InChI is InChI=1S/C25H25ClFN5O4/c1-15-10-17(4-5-19(15)27)32-14-28-22(29-32)24(34)31-7-6-30(13-25(31,2)3)23(33)16-11-18(26)21-20(12-16)35-8-9-36-21/h4-5,10-12,14H,6-9,13H2,1-3H3. The van der Waals surface area contributed by atoms with Gasteiger partial charge in [-0.2, -0.15) is 0 Å². The maximum absolute atomic E-state index is 13.6. The van der Waals surface area contributed by atoms with Gasteiger partial charge in [-0.05, 0) is 56.7 Å². The first-order valence-electron chi connectivity index (χ1n) is 11.5. The van der Waals surface area contributed by atoms with Gasteiger partial charge in [-0.3, -0.25) is 9.59 Å². The number of hydrogen-bond acceptors (Lipinski definition) is 6. The lowest BCUT2D eigenvalue weighted by atomic mass is 9.97. The lowest BCUT2D eigenvalue weighted by Crippen LogP contribution is -2.62. The summed E-state index contributed by atoms with van der Waals surface area (Å²) in [7, 11) is 0. The highest BCUT2D eigenvalue weighted by molar-refractivity contribution is 6.32. The van der Waals surface area contributed by atoms with E-state index in [9.17, 15) is 14.0 Å². The van der Waals surface area contributed by atoms with Crippen LogP contribution in [0.2, 0.25) is 5.02 Å². The van der Waals surface area contributed by atoms with Crippen LogP contribution in [-0.2, 0) is 0 Å². The molecule has 1 saturated heterocycles. The Hall–Kier alpha value is -3.66. The van der Waals surface area contributed by atoms with Crippen LogP contribution in [0.25, 0.3) is 5.69 Å². The largest absolute Gasteiger partial charge is 0.486 e. The molecular weight excluding hydrogens is 489 g/mol.